The zero-order chi connectivity index (χ0) is 18.9. The topological polar surface area (TPSA) is 68.5 Å². The first-order chi connectivity index (χ1) is 12.3. The van der Waals surface area contributed by atoms with Crippen molar-refractivity contribution in [1.82, 2.24) is 9.88 Å². The molecule has 1 aromatic carbocycles. The Hall–Kier alpha value is -1.41. The number of aryl methyl sites for hydroxylation is 1. The van der Waals surface area contributed by atoms with Crippen molar-refractivity contribution in [3.8, 4) is 5.75 Å². The number of hydrogen-bond acceptors (Lipinski definition) is 5. The maximum atomic E-state index is 12.9. The molecular formula is C19H26Cl2FN3O2S. The molecule has 0 aliphatic carbocycles. The van der Waals surface area contributed by atoms with Crippen LogP contribution in [0.2, 0.25) is 0 Å². The summed E-state index contributed by atoms with van der Waals surface area (Å²) in [4.78, 5) is 19.9. The van der Waals surface area contributed by atoms with Crippen molar-refractivity contribution in [2.24, 2.45) is 11.1 Å². The van der Waals surface area contributed by atoms with Gasteiger partial charge >= 0.3 is 0 Å². The SMILES string of the molecule is Cc1nc(COc2ccc(F)cc2)sc1C(=O)N1CCC(N)C(C)(C)C1.Cl.Cl. The van der Waals surface area contributed by atoms with Gasteiger partial charge in [0.2, 0.25) is 0 Å². The average molecular weight is 450 g/mol. The predicted octanol–water partition coefficient (Wildman–Crippen LogP) is 4.21. The van der Waals surface area contributed by atoms with Gasteiger partial charge in [-0.2, -0.15) is 0 Å². The van der Waals surface area contributed by atoms with Gasteiger partial charge in [0.1, 0.15) is 28.1 Å². The van der Waals surface area contributed by atoms with Gasteiger partial charge in [-0.05, 0) is 43.0 Å². The number of carbonyl (C=O) groups is 1. The molecule has 3 rings (SSSR count). The van der Waals surface area contributed by atoms with Crippen molar-refractivity contribution < 1.29 is 13.9 Å². The highest BCUT2D eigenvalue weighted by atomic mass is 35.5. The van der Waals surface area contributed by atoms with Gasteiger partial charge in [-0.3, -0.25) is 4.79 Å². The zero-order valence-electron chi connectivity index (χ0n) is 16.1. The molecule has 0 spiro atoms. The minimum absolute atomic E-state index is 0. The molecule has 2 heterocycles. The van der Waals surface area contributed by atoms with Crippen LogP contribution in [0.5, 0.6) is 5.75 Å². The first kappa shape index (κ1) is 24.6. The summed E-state index contributed by atoms with van der Waals surface area (Å²) in [6.45, 7) is 7.60. The molecule has 1 fully saturated rings. The molecule has 156 valence electrons. The van der Waals surface area contributed by atoms with E-state index in [1.54, 1.807) is 12.1 Å². The van der Waals surface area contributed by atoms with Crippen molar-refractivity contribution in [2.75, 3.05) is 13.1 Å². The van der Waals surface area contributed by atoms with Crippen LogP contribution in [0.4, 0.5) is 4.39 Å². The van der Waals surface area contributed by atoms with E-state index in [1.165, 1.54) is 23.5 Å². The van der Waals surface area contributed by atoms with Gasteiger partial charge in [0, 0.05) is 19.1 Å². The molecule has 1 amide bonds. The van der Waals surface area contributed by atoms with Gasteiger partial charge in [0.25, 0.3) is 5.91 Å². The highest BCUT2D eigenvalue weighted by Crippen LogP contribution is 2.30. The lowest BCUT2D eigenvalue weighted by atomic mass is 9.79. The number of nitrogens with zero attached hydrogens (tertiary/aromatic N) is 2. The maximum Gasteiger partial charge on any atom is 0.265 e. The smallest absolute Gasteiger partial charge is 0.265 e. The molecule has 1 aliphatic heterocycles. The van der Waals surface area contributed by atoms with Crippen LogP contribution in [0.3, 0.4) is 0 Å². The second-order valence-corrected chi connectivity index (χ2v) is 8.46. The Morgan fingerprint density at radius 1 is 1.36 bits per heavy atom. The Morgan fingerprint density at radius 2 is 2.00 bits per heavy atom. The third-order valence-electron chi connectivity index (χ3n) is 4.81. The van der Waals surface area contributed by atoms with E-state index in [1.807, 2.05) is 11.8 Å². The number of rotatable bonds is 4. The number of piperidine rings is 1. The standard InChI is InChI=1S/C19H24FN3O2S.2ClH/c1-12-17(18(24)23-9-8-15(21)19(2,3)11-23)26-16(22-12)10-25-14-6-4-13(20)5-7-14;;/h4-7,15H,8-11,21H2,1-3H3;2*1H. The molecule has 0 bridgehead atoms. The molecule has 5 nitrogen and oxygen atoms in total. The van der Waals surface area contributed by atoms with Crippen LogP contribution >= 0.6 is 36.2 Å². The minimum atomic E-state index is -0.306. The van der Waals surface area contributed by atoms with Gasteiger partial charge in [-0.25, -0.2) is 9.37 Å². The first-order valence-corrected chi connectivity index (χ1v) is 9.47. The Kier molecular flexibility index (Phi) is 8.68. The second kappa shape index (κ2) is 9.87. The quantitative estimate of drug-likeness (QED) is 0.758. The van der Waals surface area contributed by atoms with Crippen molar-refractivity contribution in [2.45, 2.75) is 39.8 Å². The molecule has 1 unspecified atom stereocenters. The Bertz CT molecular complexity index is 799. The van der Waals surface area contributed by atoms with E-state index in [0.717, 1.165) is 11.4 Å². The summed E-state index contributed by atoms with van der Waals surface area (Å²) < 4.78 is 18.6. The summed E-state index contributed by atoms with van der Waals surface area (Å²) in [5.74, 6) is 0.270. The Balaban J connectivity index is 0.00000196. The fraction of sp³-hybridized carbons (Fsp3) is 0.474. The fourth-order valence-corrected chi connectivity index (χ4v) is 4.02. The number of thiazole rings is 1. The molecule has 0 saturated carbocycles. The van der Waals surface area contributed by atoms with Gasteiger partial charge < -0.3 is 15.4 Å². The monoisotopic (exact) mass is 449 g/mol. The molecule has 1 atom stereocenters. The molecule has 28 heavy (non-hydrogen) atoms. The molecule has 1 aromatic heterocycles. The maximum absolute atomic E-state index is 12.9. The number of halogens is 3. The van der Waals surface area contributed by atoms with Gasteiger partial charge in [-0.15, -0.1) is 36.2 Å². The van der Waals surface area contributed by atoms with Crippen molar-refractivity contribution in [1.29, 1.82) is 0 Å². The number of aromatic nitrogens is 1. The number of amides is 1. The lowest BCUT2D eigenvalue weighted by Gasteiger charge is -2.42. The lowest BCUT2D eigenvalue weighted by molar-refractivity contribution is 0.0536. The summed E-state index contributed by atoms with van der Waals surface area (Å²) in [7, 11) is 0. The van der Waals surface area contributed by atoms with Crippen LogP contribution in [0, 0.1) is 18.2 Å². The minimum Gasteiger partial charge on any atom is -0.486 e. The fourth-order valence-electron chi connectivity index (χ4n) is 3.08. The lowest BCUT2D eigenvalue weighted by Crippen LogP contribution is -2.53. The molecule has 0 radical (unpaired) electrons. The van der Waals surface area contributed by atoms with Crippen LogP contribution in [0.15, 0.2) is 24.3 Å². The molecule has 1 saturated heterocycles. The van der Waals surface area contributed by atoms with E-state index >= 15 is 0 Å². The van der Waals surface area contributed by atoms with E-state index in [2.05, 4.69) is 18.8 Å². The van der Waals surface area contributed by atoms with E-state index in [9.17, 15) is 9.18 Å². The van der Waals surface area contributed by atoms with Gasteiger partial charge in [-0.1, -0.05) is 13.8 Å². The summed E-state index contributed by atoms with van der Waals surface area (Å²) in [6.07, 6.45) is 0.803. The van der Waals surface area contributed by atoms with Crippen molar-refractivity contribution >= 4 is 42.1 Å². The van der Waals surface area contributed by atoms with Crippen LogP contribution in [-0.4, -0.2) is 34.9 Å². The number of hydrogen-bond donors (Lipinski definition) is 1. The number of likely N-dealkylation sites (tertiary alicyclic amines) is 1. The number of benzene rings is 1. The number of carbonyl (C=O) groups excluding carboxylic acids is 1. The molecule has 1 aliphatic rings. The summed E-state index contributed by atoms with van der Waals surface area (Å²) in [6, 6.07) is 5.94. The molecule has 2 N–H and O–H groups in total. The Labute approximate surface area is 181 Å². The molecule has 2 aromatic rings. The molecule has 9 heteroatoms. The van der Waals surface area contributed by atoms with Crippen LogP contribution in [0.1, 0.15) is 40.6 Å². The predicted molar refractivity (Wildman–Crippen MR) is 114 cm³/mol. The highest BCUT2D eigenvalue weighted by Gasteiger charge is 2.36. The van der Waals surface area contributed by atoms with Gasteiger partial charge in [0.15, 0.2) is 0 Å². The summed E-state index contributed by atoms with van der Waals surface area (Å²) in [5.41, 5.74) is 6.78. The Morgan fingerprint density at radius 3 is 2.61 bits per heavy atom. The summed E-state index contributed by atoms with van der Waals surface area (Å²) in [5, 5.41) is 0.725. The van der Waals surface area contributed by atoms with E-state index < -0.39 is 0 Å². The first-order valence-electron chi connectivity index (χ1n) is 8.66. The zero-order valence-corrected chi connectivity index (χ0v) is 18.6. The van der Waals surface area contributed by atoms with Crippen molar-refractivity contribution in [3.05, 3.63) is 45.7 Å². The number of ether oxygens (including phenoxy) is 1. The highest BCUT2D eigenvalue weighted by molar-refractivity contribution is 7.13. The average Bonchev–Trinajstić information content (AvgIpc) is 2.97. The normalized spacial score (nSPS) is 18.0. The second-order valence-electron chi connectivity index (χ2n) is 7.38. The van der Waals surface area contributed by atoms with E-state index in [0.29, 0.717) is 29.4 Å². The van der Waals surface area contributed by atoms with Crippen LogP contribution < -0.4 is 10.5 Å². The largest absolute Gasteiger partial charge is 0.486 e. The van der Waals surface area contributed by atoms with Crippen LogP contribution in [0.25, 0.3) is 0 Å². The number of nitrogens with two attached hydrogens (primary N) is 1. The van der Waals surface area contributed by atoms with Crippen molar-refractivity contribution in [3.63, 3.8) is 0 Å². The molecular weight excluding hydrogens is 424 g/mol. The van der Waals surface area contributed by atoms with E-state index in [4.69, 9.17) is 10.5 Å². The van der Waals surface area contributed by atoms with Gasteiger partial charge in [0.05, 0.1) is 5.69 Å². The summed E-state index contributed by atoms with van der Waals surface area (Å²) >= 11 is 1.35. The van der Waals surface area contributed by atoms with E-state index in [-0.39, 0.29) is 54.6 Å². The third-order valence-corrected chi connectivity index (χ3v) is 5.93. The third kappa shape index (κ3) is 5.56. The van der Waals surface area contributed by atoms with Crippen LogP contribution in [-0.2, 0) is 6.61 Å².